The van der Waals surface area contributed by atoms with Gasteiger partial charge in [0.1, 0.15) is 0 Å². The predicted molar refractivity (Wildman–Crippen MR) is 60.0 cm³/mol. The van der Waals surface area contributed by atoms with E-state index in [0.29, 0.717) is 24.4 Å². The zero-order valence-electron chi connectivity index (χ0n) is 9.87. The molecule has 88 valence electrons. The molecule has 1 N–H and O–H groups in total. The molecule has 2 aliphatic heterocycles. The Hall–Kier alpha value is -0.120. The average Bonchev–Trinajstić information content (AvgIpc) is 2.65. The van der Waals surface area contributed by atoms with Gasteiger partial charge in [-0.15, -0.1) is 0 Å². The molecule has 2 heterocycles. The summed E-state index contributed by atoms with van der Waals surface area (Å²) in [6, 6.07) is 0.618. The Morgan fingerprint density at radius 1 is 1.20 bits per heavy atom. The van der Waals surface area contributed by atoms with Crippen LogP contribution in [-0.4, -0.2) is 37.5 Å². The van der Waals surface area contributed by atoms with E-state index in [2.05, 4.69) is 19.2 Å². The van der Waals surface area contributed by atoms with Gasteiger partial charge in [0.25, 0.3) is 0 Å². The molecule has 0 unspecified atom stereocenters. The molecular weight excluding hydrogens is 190 g/mol. The Kier molecular flexibility index (Phi) is 4.00. The van der Waals surface area contributed by atoms with Gasteiger partial charge in [0.05, 0.1) is 18.3 Å². The van der Waals surface area contributed by atoms with Crippen LogP contribution in [0, 0.1) is 0 Å². The van der Waals surface area contributed by atoms with Gasteiger partial charge in [-0.05, 0) is 39.5 Å². The fraction of sp³-hybridized carbons (Fsp3) is 1.00. The summed E-state index contributed by atoms with van der Waals surface area (Å²) in [5, 5.41) is 3.62. The number of hydrogen-bond acceptors (Lipinski definition) is 3. The van der Waals surface area contributed by atoms with E-state index in [1.807, 2.05) is 0 Å². The molecular formula is C12H23NO2. The topological polar surface area (TPSA) is 30.5 Å². The fourth-order valence-electron chi connectivity index (χ4n) is 2.68. The highest BCUT2D eigenvalue weighted by Crippen LogP contribution is 2.19. The van der Waals surface area contributed by atoms with Crippen molar-refractivity contribution in [3.8, 4) is 0 Å². The fourth-order valence-corrected chi connectivity index (χ4v) is 2.68. The van der Waals surface area contributed by atoms with Gasteiger partial charge in [-0.1, -0.05) is 0 Å². The van der Waals surface area contributed by atoms with Crippen LogP contribution in [0.2, 0.25) is 0 Å². The summed E-state index contributed by atoms with van der Waals surface area (Å²) in [6.07, 6.45) is 5.98. The van der Waals surface area contributed by atoms with Crippen molar-refractivity contribution >= 4 is 0 Å². The van der Waals surface area contributed by atoms with Crippen LogP contribution in [0.3, 0.4) is 0 Å². The SMILES string of the molecule is C[C@H]1CC(NC[C@@H]2CCCO2)C[C@H](C)O1. The molecule has 15 heavy (non-hydrogen) atoms. The highest BCUT2D eigenvalue weighted by atomic mass is 16.5. The maximum Gasteiger partial charge on any atom is 0.0700 e. The van der Waals surface area contributed by atoms with E-state index in [1.54, 1.807) is 0 Å². The quantitative estimate of drug-likeness (QED) is 0.774. The van der Waals surface area contributed by atoms with Gasteiger partial charge in [-0.25, -0.2) is 0 Å². The lowest BCUT2D eigenvalue weighted by Gasteiger charge is -2.33. The highest BCUT2D eigenvalue weighted by Gasteiger charge is 2.25. The summed E-state index contributed by atoms with van der Waals surface area (Å²) in [5.41, 5.74) is 0. The van der Waals surface area contributed by atoms with Crippen LogP contribution in [0.5, 0.6) is 0 Å². The number of nitrogens with one attached hydrogen (secondary N) is 1. The third kappa shape index (κ3) is 3.44. The van der Waals surface area contributed by atoms with E-state index < -0.39 is 0 Å². The lowest BCUT2D eigenvalue weighted by Crippen LogP contribution is -2.43. The molecule has 0 aliphatic carbocycles. The molecule has 2 saturated heterocycles. The van der Waals surface area contributed by atoms with Crippen molar-refractivity contribution in [2.75, 3.05) is 13.2 Å². The molecule has 0 spiro atoms. The third-order valence-corrected chi connectivity index (χ3v) is 3.36. The van der Waals surface area contributed by atoms with Crippen molar-refractivity contribution in [2.45, 2.75) is 63.9 Å². The van der Waals surface area contributed by atoms with Crippen molar-refractivity contribution in [1.29, 1.82) is 0 Å². The summed E-state index contributed by atoms with van der Waals surface area (Å²) >= 11 is 0. The summed E-state index contributed by atoms with van der Waals surface area (Å²) < 4.78 is 11.3. The minimum Gasteiger partial charge on any atom is -0.377 e. The molecule has 3 atom stereocenters. The van der Waals surface area contributed by atoms with Gasteiger partial charge in [0, 0.05) is 19.2 Å². The first-order chi connectivity index (χ1) is 7.24. The van der Waals surface area contributed by atoms with E-state index in [9.17, 15) is 0 Å². The van der Waals surface area contributed by atoms with Crippen molar-refractivity contribution in [3.05, 3.63) is 0 Å². The molecule has 3 heteroatoms. The van der Waals surface area contributed by atoms with Crippen LogP contribution in [0.15, 0.2) is 0 Å². The van der Waals surface area contributed by atoms with Gasteiger partial charge < -0.3 is 14.8 Å². The molecule has 0 bridgehead atoms. The zero-order chi connectivity index (χ0) is 10.7. The van der Waals surface area contributed by atoms with Gasteiger partial charge in [-0.3, -0.25) is 0 Å². The second kappa shape index (κ2) is 5.28. The molecule has 2 fully saturated rings. The second-order valence-electron chi connectivity index (χ2n) is 4.97. The van der Waals surface area contributed by atoms with E-state index in [0.717, 1.165) is 26.0 Å². The van der Waals surface area contributed by atoms with E-state index >= 15 is 0 Å². The van der Waals surface area contributed by atoms with Crippen LogP contribution in [0.1, 0.15) is 39.5 Å². The first-order valence-corrected chi connectivity index (χ1v) is 6.24. The molecule has 0 saturated carbocycles. The van der Waals surface area contributed by atoms with Gasteiger partial charge in [0.2, 0.25) is 0 Å². The van der Waals surface area contributed by atoms with E-state index in [4.69, 9.17) is 9.47 Å². The molecule has 0 aromatic rings. The molecule has 2 aliphatic rings. The van der Waals surface area contributed by atoms with Crippen LogP contribution < -0.4 is 5.32 Å². The van der Waals surface area contributed by atoms with Crippen molar-refractivity contribution in [2.24, 2.45) is 0 Å². The van der Waals surface area contributed by atoms with Crippen LogP contribution in [-0.2, 0) is 9.47 Å². The van der Waals surface area contributed by atoms with Gasteiger partial charge in [-0.2, -0.15) is 0 Å². The monoisotopic (exact) mass is 213 g/mol. The predicted octanol–water partition coefficient (Wildman–Crippen LogP) is 1.71. The van der Waals surface area contributed by atoms with Crippen molar-refractivity contribution < 1.29 is 9.47 Å². The summed E-state index contributed by atoms with van der Waals surface area (Å²) in [4.78, 5) is 0. The number of hydrogen-bond donors (Lipinski definition) is 1. The normalized spacial score (nSPS) is 42.0. The molecule has 0 aromatic heterocycles. The summed E-state index contributed by atoms with van der Waals surface area (Å²) in [7, 11) is 0. The molecule has 3 nitrogen and oxygen atoms in total. The standard InChI is InChI=1S/C12H23NO2/c1-9-6-11(7-10(2)15-9)13-8-12-4-3-5-14-12/h9-13H,3-8H2,1-2H3/t9-,10-,12-/m0/s1. The first kappa shape index (κ1) is 11.4. The van der Waals surface area contributed by atoms with E-state index in [1.165, 1.54) is 12.8 Å². The first-order valence-electron chi connectivity index (χ1n) is 6.24. The van der Waals surface area contributed by atoms with Crippen LogP contribution in [0.4, 0.5) is 0 Å². The Morgan fingerprint density at radius 2 is 1.93 bits per heavy atom. The minimum atomic E-state index is 0.399. The molecule has 2 rings (SSSR count). The lowest BCUT2D eigenvalue weighted by atomic mass is 9.99. The summed E-state index contributed by atoms with van der Waals surface area (Å²) in [5.74, 6) is 0. The van der Waals surface area contributed by atoms with Crippen molar-refractivity contribution in [3.63, 3.8) is 0 Å². The average molecular weight is 213 g/mol. The minimum absolute atomic E-state index is 0.399. The Morgan fingerprint density at radius 3 is 2.53 bits per heavy atom. The van der Waals surface area contributed by atoms with Crippen LogP contribution in [0.25, 0.3) is 0 Å². The van der Waals surface area contributed by atoms with Gasteiger partial charge in [0.15, 0.2) is 0 Å². The maximum atomic E-state index is 5.72. The van der Waals surface area contributed by atoms with Crippen molar-refractivity contribution in [1.82, 2.24) is 5.32 Å². The van der Waals surface area contributed by atoms with Crippen LogP contribution >= 0.6 is 0 Å². The Bertz CT molecular complexity index is 182. The number of ether oxygens (including phenoxy) is 2. The maximum absolute atomic E-state index is 5.72. The molecule has 0 aromatic carbocycles. The molecule has 0 amide bonds. The second-order valence-corrected chi connectivity index (χ2v) is 4.97. The highest BCUT2D eigenvalue weighted by molar-refractivity contribution is 4.80. The zero-order valence-corrected chi connectivity index (χ0v) is 9.87. The third-order valence-electron chi connectivity index (χ3n) is 3.36. The Labute approximate surface area is 92.5 Å². The largest absolute Gasteiger partial charge is 0.377 e. The Balaban J connectivity index is 1.69. The lowest BCUT2D eigenvalue weighted by molar-refractivity contribution is -0.0436. The summed E-state index contributed by atoms with van der Waals surface area (Å²) in [6.45, 7) is 6.30. The number of rotatable bonds is 3. The van der Waals surface area contributed by atoms with E-state index in [-0.39, 0.29) is 0 Å². The smallest absolute Gasteiger partial charge is 0.0700 e. The van der Waals surface area contributed by atoms with Gasteiger partial charge >= 0.3 is 0 Å². The molecule has 0 radical (unpaired) electrons.